The number of likely N-dealkylation sites (tertiary alicyclic amines) is 2. The summed E-state index contributed by atoms with van der Waals surface area (Å²) in [7, 11) is 0. The van der Waals surface area contributed by atoms with E-state index < -0.39 is 0 Å². The minimum atomic E-state index is 0.0953. The van der Waals surface area contributed by atoms with Crippen molar-refractivity contribution in [3.8, 4) is 0 Å². The molecule has 1 aromatic carbocycles. The second-order valence-electron chi connectivity index (χ2n) is 6.29. The van der Waals surface area contributed by atoms with Crippen molar-refractivity contribution in [2.45, 2.75) is 12.8 Å². The predicted octanol–water partition coefficient (Wildman–Crippen LogP) is 1.46. The lowest BCUT2D eigenvalue weighted by atomic mass is 9.96. The molecule has 3 rings (SSSR count). The summed E-state index contributed by atoms with van der Waals surface area (Å²) < 4.78 is 0. The number of hydrogen-bond acceptors (Lipinski definition) is 3. The fraction of sp³-hybridized carbons (Fsp3) is 0.588. The van der Waals surface area contributed by atoms with Crippen molar-refractivity contribution in [2.24, 2.45) is 11.8 Å². The predicted molar refractivity (Wildman–Crippen MR) is 82.1 cm³/mol. The summed E-state index contributed by atoms with van der Waals surface area (Å²) in [5.41, 5.74) is 0.746. The number of amides is 1. The van der Waals surface area contributed by atoms with Gasteiger partial charge in [-0.2, -0.15) is 0 Å². The summed E-state index contributed by atoms with van der Waals surface area (Å²) in [6, 6.07) is 9.45. The standard InChI is InChI=1S/C17H24N2O2/c20-13-16-12-19(17(21)14-6-2-1-3-7-14)11-15(16)10-18-8-4-5-9-18/h1-3,6-7,15-16,20H,4-5,8-13H2/t15-,16-/m1/s1. The van der Waals surface area contributed by atoms with Crippen molar-refractivity contribution in [3.05, 3.63) is 35.9 Å². The van der Waals surface area contributed by atoms with Gasteiger partial charge in [0.15, 0.2) is 0 Å². The van der Waals surface area contributed by atoms with Gasteiger partial charge in [0.2, 0.25) is 0 Å². The van der Waals surface area contributed by atoms with Gasteiger partial charge >= 0.3 is 0 Å². The van der Waals surface area contributed by atoms with E-state index in [0.29, 0.717) is 12.5 Å². The highest BCUT2D eigenvalue weighted by Crippen LogP contribution is 2.26. The van der Waals surface area contributed by atoms with Gasteiger partial charge in [0.1, 0.15) is 0 Å². The van der Waals surface area contributed by atoms with E-state index in [9.17, 15) is 9.90 Å². The highest BCUT2D eigenvalue weighted by molar-refractivity contribution is 5.94. The topological polar surface area (TPSA) is 43.8 Å². The van der Waals surface area contributed by atoms with Crippen molar-refractivity contribution in [1.82, 2.24) is 9.80 Å². The molecule has 0 spiro atoms. The maximum atomic E-state index is 12.5. The highest BCUT2D eigenvalue weighted by Gasteiger charge is 2.36. The normalized spacial score (nSPS) is 26.4. The molecule has 1 amide bonds. The summed E-state index contributed by atoms with van der Waals surface area (Å²) in [5, 5.41) is 9.62. The first kappa shape index (κ1) is 14.5. The van der Waals surface area contributed by atoms with Gasteiger partial charge in [-0.3, -0.25) is 4.79 Å². The van der Waals surface area contributed by atoms with Crippen molar-refractivity contribution in [3.63, 3.8) is 0 Å². The Morgan fingerprint density at radius 2 is 1.76 bits per heavy atom. The molecular weight excluding hydrogens is 264 g/mol. The quantitative estimate of drug-likeness (QED) is 0.912. The second kappa shape index (κ2) is 6.58. The maximum Gasteiger partial charge on any atom is 0.253 e. The largest absolute Gasteiger partial charge is 0.396 e. The third-order valence-electron chi connectivity index (χ3n) is 4.81. The summed E-state index contributed by atoms with van der Waals surface area (Å²) in [5.74, 6) is 0.719. The van der Waals surface area contributed by atoms with Gasteiger partial charge in [-0.1, -0.05) is 18.2 Å². The van der Waals surface area contributed by atoms with Gasteiger partial charge < -0.3 is 14.9 Å². The van der Waals surface area contributed by atoms with Gasteiger partial charge in [0, 0.05) is 37.7 Å². The molecule has 0 aliphatic carbocycles. The molecular formula is C17H24N2O2. The van der Waals surface area contributed by atoms with Crippen LogP contribution in [0.4, 0.5) is 0 Å². The van der Waals surface area contributed by atoms with Crippen LogP contribution in [-0.4, -0.2) is 60.1 Å². The number of aliphatic hydroxyl groups is 1. The Labute approximate surface area is 126 Å². The van der Waals surface area contributed by atoms with Crippen molar-refractivity contribution in [2.75, 3.05) is 39.3 Å². The van der Waals surface area contributed by atoms with Crippen LogP contribution < -0.4 is 0 Å². The Morgan fingerprint density at radius 1 is 1.10 bits per heavy atom. The molecule has 2 atom stereocenters. The third-order valence-corrected chi connectivity index (χ3v) is 4.81. The third kappa shape index (κ3) is 3.27. The lowest BCUT2D eigenvalue weighted by Crippen LogP contribution is -2.32. The molecule has 2 aliphatic heterocycles. The number of carbonyl (C=O) groups is 1. The number of hydrogen-bond donors (Lipinski definition) is 1. The smallest absolute Gasteiger partial charge is 0.253 e. The lowest BCUT2D eigenvalue weighted by Gasteiger charge is -2.22. The highest BCUT2D eigenvalue weighted by atomic mass is 16.3. The summed E-state index contributed by atoms with van der Waals surface area (Å²) in [6.07, 6.45) is 2.56. The van der Waals surface area contributed by atoms with E-state index in [1.165, 1.54) is 25.9 Å². The number of nitrogens with zero attached hydrogens (tertiary/aromatic N) is 2. The van der Waals surface area contributed by atoms with Crippen LogP contribution in [0.25, 0.3) is 0 Å². The molecule has 2 heterocycles. The van der Waals surface area contributed by atoms with E-state index in [1.807, 2.05) is 35.2 Å². The molecule has 1 N–H and O–H groups in total. The molecule has 0 unspecified atom stereocenters. The van der Waals surface area contributed by atoms with Crippen molar-refractivity contribution < 1.29 is 9.90 Å². The molecule has 0 saturated carbocycles. The van der Waals surface area contributed by atoms with Crippen LogP contribution >= 0.6 is 0 Å². The van der Waals surface area contributed by atoms with E-state index >= 15 is 0 Å². The minimum absolute atomic E-state index is 0.0953. The summed E-state index contributed by atoms with van der Waals surface area (Å²) in [6.45, 7) is 4.99. The average molecular weight is 288 g/mol. The van der Waals surface area contributed by atoms with Gasteiger partial charge in [0.25, 0.3) is 5.91 Å². The Hall–Kier alpha value is -1.39. The van der Waals surface area contributed by atoms with E-state index in [0.717, 1.165) is 18.7 Å². The molecule has 2 fully saturated rings. The van der Waals surface area contributed by atoms with Gasteiger partial charge in [0.05, 0.1) is 0 Å². The monoisotopic (exact) mass is 288 g/mol. The molecule has 0 bridgehead atoms. The number of benzene rings is 1. The van der Waals surface area contributed by atoms with Crippen LogP contribution in [0.2, 0.25) is 0 Å². The van der Waals surface area contributed by atoms with Crippen molar-refractivity contribution in [1.29, 1.82) is 0 Å². The molecule has 21 heavy (non-hydrogen) atoms. The maximum absolute atomic E-state index is 12.5. The van der Waals surface area contributed by atoms with Gasteiger partial charge in [-0.15, -0.1) is 0 Å². The zero-order valence-electron chi connectivity index (χ0n) is 12.4. The lowest BCUT2D eigenvalue weighted by molar-refractivity contribution is 0.0779. The van der Waals surface area contributed by atoms with E-state index in [2.05, 4.69) is 4.90 Å². The zero-order valence-corrected chi connectivity index (χ0v) is 12.4. The first-order chi connectivity index (χ1) is 10.3. The Morgan fingerprint density at radius 3 is 2.43 bits per heavy atom. The van der Waals surface area contributed by atoms with Gasteiger partial charge in [-0.05, 0) is 44.0 Å². The second-order valence-corrected chi connectivity index (χ2v) is 6.29. The minimum Gasteiger partial charge on any atom is -0.396 e. The summed E-state index contributed by atoms with van der Waals surface area (Å²) in [4.78, 5) is 16.9. The first-order valence-electron chi connectivity index (χ1n) is 7.95. The Kier molecular flexibility index (Phi) is 4.56. The number of rotatable bonds is 4. The van der Waals surface area contributed by atoms with Crippen LogP contribution in [0, 0.1) is 11.8 Å². The Bertz CT molecular complexity index is 471. The zero-order chi connectivity index (χ0) is 14.7. The molecule has 2 aliphatic rings. The fourth-order valence-electron chi connectivity index (χ4n) is 3.58. The van der Waals surface area contributed by atoms with E-state index in [-0.39, 0.29) is 18.4 Å². The first-order valence-corrected chi connectivity index (χ1v) is 7.95. The van der Waals surface area contributed by atoms with Crippen LogP contribution in [0.5, 0.6) is 0 Å². The number of carbonyl (C=O) groups excluding carboxylic acids is 1. The molecule has 4 heteroatoms. The van der Waals surface area contributed by atoms with Gasteiger partial charge in [-0.25, -0.2) is 0 Å². The molecule has 2 saturated heterocycles. The van der Waals surface area contributed by atoms with E-state index in [4.69, 9.17) is 0 Å². The van der Waals surface area contributed by atoms with Crippen molar-refractivity contribution >= 4 is 5.91 Å². The molecule has 0 aromatic heterocycles. The van der Waals surface area contributed by atoms with Crippen LogP contribution in [-0.2, 0) is 0 Å². The van der Waals surface area contributed by atoms with Crippen LogP contribution in [0.3, 0.4) is 0 Å². The molecule has 114 valence electrons. The number of aliphatic hydroxyl groups excluding tert-OH is 1. The fourth-order valence-corrected chi connectivity index (χ4v) is 3.58. The SMILES string of the molecule is O=C(c1ccccc1)N1C[C@@H](CN2CCCC2)[C@@H](CO)C1. The molecule has 0 radical (unpaired) electrons. The molecule has 1 aromatic rings. The Balaban J connectivity index is 1.64. The van der Waals surface area contributed by atoms with Crippen LogP contribution in [0.1, 0.15) is 23.2 Å². The average Bonchev–Trinajstić information content (AvgIpc) is 3.17. The molecule has 4 nitrogen and oxygen atoms in total. The summed E-state index contributed by atoms with van der Waals surface area (Å²) >= 11 is 0. The van der Waals surface area contributed by atoms with Crippen LogP contribution in [0.15, 0.2) is 30.3 Å². The van der Waals surface area contributed by atoms with E-state index in [1.54, 1.807) is 0 Å².